The first-order valence-corrected chi connectivity index (χ1v) is 10.3. The summed E-state index contributed by atoms with van der Waals surface area (Å²) < 4.78 is 39.1. The maximum atomic E-state index is 14.0. The predicted octanol–water partition coefficient (Wildman–Crippen LogP) is 3.66. The largest absolute Gasteiger partial charge is 0.331 e. The molecule has 0 bridgehead atoms. The molecule has 146 valence electrons. The number of carbonyl (C=O) groups is 1. The van der Waals surface area contributed by atoms with Crippen LogP contribution in [0.4, 0.5) is 14.9 Å². The zero-order valence-electron chi connectivity index (χ0n) is 15.7. The SMILES string of the molecule is CC(NC(=O)N(C)C(C)c1ccccc1F)c1cccc(NS(C)(=O)=O)c1. The number of anilines is 1. The fourth-order valence-electron chi connectivity index (χ4n) is 2.65. The molecule has 0 aliphatic rings. The average molecular weight is 393 g/mol. The summed E-state index contributed by atoms with van der Waals surface area (Å²) in [5, 5.41) is 2.84. The summed E-state index contributed by atoms with van der Waals surface area (Å²) in [6.45, 7) is 3.54. The minimum Gasteiger partial charge on any atom is -0.331 e. The van der Waals surface area contributed by atoms with Gasteiger partial charge in [-0.2, -0.15) is 0 Å². The molecule has 0 heterocycles. The molecular formula is C19H24FN3O3S. The zero-order chi connectivity index (χ0) is 20.2. The van der Waals surface area contributed by atoms with E-state index in [0.29, 0.717) is 11.3 Å². The van der Waals surface area contributed by atoms with Gasteiger partial charge in [-0.1, -0.05) is 30.3 Å². The van der Waals surface area contributed by atoms with E-state index < -0.39 is 16.1 Å². The molecule has 2 aromatic carbocycles. The lowest BCUT2D eigenvalue weighted by molar-refractivity contribution is 0.190. The van der Waals surface area contributed by atoms with E-state index in [1.807, 2.05) is 0 Å². The van der Waals surface area contributed by atoms with Crippen molar-refractivity contribution in [1.29, 1.82) is 0 Å². The lowest BCUT2D eigenvalue weighted by Gasteiger charge is -2.27. The number of nitrogens with zero attached hydrogens (tertiary/aromatic N) is 1. The molecule has 2 aromatic rings. The van der Waals surface area contributed by atoms with Crippen LogP contribution in [0.1, 0.15) is 37.1 Å². The van der Waals surface area contributed by atoms with E-state index in [9.17, 15) is 17.6 Å². The average Bonchev–Trinajstić information content (AvgIpc) is 2.59. The van der Waals surface area contributed by atoms with Crippen LogP contribution in [0.25, 0.3) is 0 Å². The molecule has 2 rings (SSSR count). The van der Waals surface area contributed by atoms with Gasteiger partial charge < -0.3 is 10.2 Å². The summed E-state index contributed by atoms with van der Waals surface area (Å²) in [4.78, 5) is 14.0. The number of urea groups is 1. The molecule has 0 aliphatic heterocycles. The minimum absolute atomic E-state index is 0.361. The molecular weight excluding hydrogens is 369 g/mol. The number of amides is 2. The first-order valence-electron chi connectivity index (χ1n) is 8.44. The van der Waals surface area contributed by atoms with E-state index in [-0.39, 0.29) is 17.9 Å². The van der Waals surface area contributed by atoms with Crippen molar-refractivity contribution >= 4 is 21.7 Å². The lowest BCUT2D eigenvalue weighted by Crippen LogP contribution is -2.40. The predicted molar refractivity (Wildman–Crippen MR) is 104 cm³/mol. The van der Waals surface area contributed by atoms with Gasteiger partial charge in [-0.25, -0.2) is 17.6 Å². The quantitative estimate of drug-likeness (QED) is 0.786. The number of halogens is 1. The van der Waals surface area contributed by atoms with Crippen molar-refractivity contribution in [2.24, 2.45) is 0 Å². The molecule has 0 radical (unpaired) electrons. The third-order valence-electron chi connectivity index (χ3n) is 4.29. The Morgan fingerprint density at radius 3 is 2.41 bits per heavy atom. The first-order chi connectivity index (χ1) is 12.6. The topological polar surface area (TPSA) is 78.5 Å². The molecule has 0 spiro atoms. The highest BCUT2D eigenvalue weighted by molar-refractivity contribution is 7.92. The molecule has 0 aliphatic carbocycles. The monoisotopic (exact) mass is 393 g/mol. The van der Waals surface area contributed by atoms with Gasteiger partial charge in [0, 0.05) is 18.3 Å². The molecule has 2 N–H and O–H groups in total. The molecule has 6 nitrogen and oxygen atoms in total. The zero-order valence-corrected chi connectivity index (χ0v) is 16.5. The van der Waals surface area contributed by atoms with E-state index in [0.717, 1.165) is 11.8 Å². The van der Waals surface area contributed by atoms with Crippen LogP contribution in [0.15, 0.2) is 48.5 Å². The second-order valence-electron chi connectivity index (χ2n) is 6.48. The van der Waals surface area contributed by atoms with Crippen molar-refractivity contribution in [2.75, 3.05) is 18.0 Å². The number of hydrogen-bond acceptors (Lipinski definition) is 3. The molecule has 2 amide bonds. The van der Waals surface area contributed by atoms with E-state index in [2.05, 4.69) is 10.0 Å². The Kier molecular flexibility index (Phi) is 6.43. The standard InChI is InChI=1S/C19H24FN3O3S/c1-13(15-8-7-9-16(12-15)22-27(4,25)26)21-19(24)23(3)14(2)17-10-5-6-11-18(17)20/h5-14,22H,1-4H3,(H,21,24). The van der Waals surface area contributed by atoms with Gasteiger partial charge in [-0.3, -0.25) is 4.72 Å². The van der Waals surface area contributed by atoms with Crippen molar-refractivity contribution in [3.8, 4) is 0 Å². The number of hydrogen-bond donors (Lipinski definition) is 2. The smallest absolute Gasteiger partial charge is 0.318 e. The maximum absolute atomic E-state index is 14.0. The summed E-state index contributed by atoms with van der Waals surface area (Å²) >= 11 is 0. The fourth-order valence-corrected chi connectivity index (χ4v) is 3.21. The highest BCUT2D eigenvalue weighted by Gasteiger charge is 2.21. The molecule has 0 aromatic heterocycles. The highest BCUT2D eigenvalue weighted by Crippen LogP contribution is 2.23. The highest BCUT2D eigenvalue weighted by atomic mass is 32.2. The Morgan fingerprint density at radius 2 is 1.78 bits per heavy atom. The van der Waals surface area contributed by atoms with Crippen molar-refractivity contribution in [2.45, 2.75) is 25.9 Å². The van der Waals surface area contributed by atoms with Crippen LogP contribution < -0.4 is 10.0 Å². The van der Waals surface area contributed by atoms with E-state index in [1.54, 1.807) is 63.4 Å². The molecule has 0 saturated carbocycles. The Bertz CT molecular complexity index is 918. The van der Waals surface area contributed by atoms with Crippen LogP contribution in [0, 0.1) is 5.82 Å². The van der Waals surface area contributed by atoms with Gasteiger partial charge in [0.05, 0.1) is 18.3 Å². The van der Waals surface area contributed by atoms with E-state index in [1.165, 1.54) is 11.0 Å². The Morgan fingerprint density at radius 1 is 1.11 bits per heavy atom. The van der Waals surface area contributed by atoms with Crippen molar-refractivity contribution < 1.29 is 17.6 Å². The number of nitrogens with one attached hydrogen (secondary N) is 2. The van der Waals surface area contributed by atoms with Gasteiger partial charge in [-0.05, 0) is 37.6 Å². The van der Waals surface area contributed by atoms with Gasteiger partial charge in [0.15, 0.2) is 0 Å². The Balaban J connectivity index is 2.08. The second-order valence-corrected chi connectivity index (χ2v) is 8.23. The maximum Gasteiger partial charge on any atom is 0.318 e. The molecule has 0 fully saturated rings. The Labute approximate surface area is 159 Å². The van der Waals surface area contributed by atoms with Crippen molar-refractivity contribution in [3.05, 3.63) is 65.5 Å². The van der Waals surface area contributed by atoms with Crippen LogP contribution >= 0.6 is 0 Å². The van der Waals surface area contributed by atoms with E-state index >= 15 is 0 Å². The summed E-state index contributed by atoms with van der Waals surface area (Å²) in [6, 6.07) is 11.9. The minimum atomic E-state index is -3.38. The van der Waals surface area contributed by atoms with Gasteiger partial charge in [0.2, 0.25) is 10.0 Å². The van der Waals surface area contributed by atoms with Crippen LogP contribution in [-0.2, 0) is 10.0 Å². The molecule has 27 heavy (non-hydrogen) atoms. The van der Waals surface area contributed by atoms with Gasteiger partial charge >= 0.3 is 6.03 Å². The third-order valence-corrected chi connectivity index (χ3v) is 4.89. The normalized spacial score (nSPS) is 13.5. The summed E-state index contributed by atoms with van der Waals surface area (Å²) in [5.41, 5.74) is 1.59. The molecule has 2 unspecified atom stereocenters. The summed E-state index contributed by atoms with van der Waals surface area (Å²) in [6.07, 6.45) is 1.07. The van der Waals surface area contributed by atoms with Gasteiger partial charge in [-0.15, -0.1) is 0 Å². The number of benzene rings is 2. The first kappa shape index (κ1) is 20.7. The van der Waals surface area contributed by atoms with Crippen molar-refractivity contribution in [1.82, 2.24) is 10.2 Å². The number of rotatable bonds is 6. The summed E-state index contributed by atoms with van der Waals surface area (Å²) in [7, 11) is -1.79. The van der Waals surface area contributed by atoms with Crippen LogP contribution in [0.2, 0.25) is 0 Å². The van der Waals surface area contributed by atoms with Crippen LogP contribution in [-0.4, -0.2) is 32.7 Å². The van der Waals surface area contributed by atoms with Crippen LogP contribution in [0.3, 0.4) is 0 Å². The number of carbonyl (C=O) groups excluding carboxylic acids is 1. The van der Waals surface area contributed by atoms with Crippen molar-refractivity contribution in [3.63, 3.8) is 0 Å². The summed E-state index contributed by atoms with van der Waals surface area (Å²) in [5.74, 6) is -0.364. The molecule has 2 atom stereocenters. The number of sulfonamides is 1. The van der Waals surface area contributed by atoms with Gasteiger partial charge in [0.1, 0.15) is 5.82 Å². The Hall–Kier alpha value is -2.61. The fraction of sp³-hybridized carbons (Fsp3) is 0.316. The van der Waals surface area contributed by atoms with Gasteiger partial charge in [0.25, 0.3) is 0 Å². The lowest BCUT2D eigenvalue weighted by atomic mass is 10.1. The molecule has 0 saturated heterocycles. The molecule has 8 heteroatoms. The second kappa shape index (κ2) is 8.39. The van der Waals surface area contributed by atoms with Crippen LogP contribution in [0.5, 0.6) is 0 Å². The third kappa shape index (κ3) is 5.68. The van der Waals surface area contributed by atoms with E-state index in [4.69, 9.17) is 0 Å².